The molecule has 0 aliphatic rings. The Labute approximate surface area is 102 Å². The number of carboxylic acid groups (broad SMARTS) is 1. The molecule has 2 aromatic rings. The minimum Gasteiger partial charge on any atom is -0.476 e. The van der Waals surface area contributed by atoms with Crippen LogP contribution in [0.5, 0.6) is 0 Å². The minimum atomic E-state index is -1.10. The van der Waals surface area contributed by atoms with E-state index in [1.165, 1.54) is 0 Å². The van der Waals surface area contributed by atoms with Gasteiger partial charge in [-0.15, -0.1) is 0 Å². The van der Waals surface area contributed by atoms with E-state index < -0.39 is 5.97 Å². The van der Waals surface area contributed by atoms with Gasteiger partial charge >= 0.3 is 5.97 Å². The lowest BCUT2D eigenvalue weighted by Crippen LogP contribution is -2.06. The molecule has 1 heterocycles. The predicted octanol–water partition coefficient (Wildman–Crippen LogP) is 1.89. The molecule has 0 unspecified atom stereocenters. The van der Waals surface area contributed by atoms with E-state index >= 15 is 0 Å². The molecule has 0 bridgehead atoms. The number of aromatic carboxylic acids is 1. The van der Waals surface area contributed by atoms with Gasteiger partial charge in [0, 0.05) is 17.1 Å². The average Bonchev–Trinajstić information content (AvgIpc) is 2.73. The van der Waals surface area contributed by atoms with E-state index in [9.17, 15) is 4.79 Å². The monoisotopic (exact) mass is 251 g/mol. The first-order valence-electron chi connectivity index (χ1n) is 4.90. The molecule has 0 saturated carbocycles. The Morgan fingerprint density at radius 2 is 2.29 bits per heavy atom. The van der Waals surface area contributed by atoms with E-state index in [0.717, 1.165) is 5.56 Å². The van der Waals surface area contributed by atoms with Gasteiger partial charge in [-0.25, -0.2) is 9.78 Å². The molecule has 1 aromatic heterocycles. The van der Waals surface area contributed by atoms with Crippen LogP contribution in [0.2, 0.25) is 5.02 Å². The predicted molar refractivity (Wildman–Crippen MR) is 63.9 cm³/mol. The highest BCUT2D eigenvalue weighted by Gasteiger charge is 2.16. The number of nitrogens with zero attached hydrogens (tertiary/aromatic N) is 1. The van der Waals surface area contributed by atoms with E-state index in [4.69, 9.17) is 22.4 Å². The Bertz CT molecular complexity index is 566. The molecular formula is C11H10ClN3O2. The summed E-state index contributed by atoms with van der Waals surface area (Å²) in [5.74, 6) is -0.652. The molecule has 88 valence electrons. The third kappa shape index (κ3) is 2.30. The van der Waals surface area contributed by atoms with Crippen molar-refractivity contribution >= 4 is 17.6 Å². The fourth-order valence-corrected chi connectivity index (χ4v) is 1.70. The van der Waals surface area contributed by atoms with Crippen molar-refractivity contribution in [3.63, 3.8) is 0 Å². The fraction of sp³-hybridized carbons (Fsp3) is 0.0909. The first kappa shape index (κ1) is 11.6. The number of halogens is 1. The van der Waals surface area contributed by atoms with Crippen LogP contribution in [0.1, 0.15) is 16.2 Å². The molecule has 0 spiro atoms. The second kappa shape index (κ2) is 4.57. The number of carbonyl (C=O) groups is 1. The van der Waals surface area contributed by atoms with Gasteiger partial charge in [0.2, 0.25) is 0 Å². The lowest BCUT2D eigenvalue weighted by atomic mass is 10.2. The van der Waals surface area contributed by atoms with Crippen LogP contribution < -0.4 is 5.73 Å². The first-order valence-corrected chi connectivity index (χ1v) is 5.28. The third-order valence-electron chi connectivity index (χ3n) is 2.28. The summed E-state index contributed by atoms with van der Waals surface area (Å²) in [6.45, 7) is 0.0925. The molecule has 17 heavy (non-hydrogen) atoms. The van der Waals surface area contributed by atoms with Crippen LogP contribution in [0.15, 0.2) is 24.3 Å². The van der Waals surface area contributed by atoms with Crippen molar-refractivity contribution in [2.75, 3.05) is 0 Å². The number of aromatic nitrogens is 2. The zero-order valence-electron chi connectivity index (χ0n) is 8.77. The number of nitrogens with two attached hydrogens (primary N) is 1. The van der Waals surface area contributed by atoms with Crippen LogP contribution in [0.25, 0.3) is 11.4 Å². The molecule has 0 atom stereocenters. The molecule has 0 aliphatic carbocycles. The summed E-state index contributed by atoms with van der Waals surface area (Å²) >= 11 is 5.86. The van der Waals surface area contributed by atoms with Crippen molar-refractivity contribution in [3.8, 4) is 11.4 Å². The largest absolute Gasteiger partial charge is 0.476 e. The first-order chi connectivity index (χ1) is 8.11. The van der Waals surface area contributed by atoms with E-state index in [-0.39, 0.29) is 12.2 Å². The van der Waals surface area contributed by atoms with Gasteiger partial charge in [0.25, 0.3) is 0 Å². The average molecular weight is 252 g/mol. The molecule has 0 amide bonds. The number of imidazole rings is 1. The zero-order chi connectivity index (χ0) is 12.4. The molecule has 6 heteroatoms. The van der Waals surface area contributed by atoms with Gasteiger partial charge in [0.15, 0.2) is 5.69 Å². The Kier molecular flexibility index (Phi) is 3.12. The topological polar surface area (TPSA) is 92.0 Å². The van der Waals surface area contributed by atoms with E-state index in [2.05, 4.69) is 9.97 Å². The van der Waals surface area contributed by atoms with Gasteiger partial charge in [-0.05, 0) is 12.1 Å². The summed E-state index contributed by atoms with van der Waals surface area (Å²) in [6, 6.07) is 6.99. The quantitative estimate of drug-likeness (QED) is 0.777. The Balaban J connectivity index is 2.50. The third-order valence-corrected chi connectivity index (χ3v) is 2.52. The van der Waals surface area contributed by atoms with Gasteiger partial charge in [0.05, 0.1) is 5.69 Å². The number of carboxylic acids is 1. The van der Waals surface area contributed by atoms with Crippen LogP contribution in [-0.2, 0) is 6.54 Å². The van der Waals surface area contributed by atoms with E-state index in [1.54, 1.807) is 24.3 Å². The maximum absolute atomic E-state index is 10.9. The smallest absolute Gasteiger partial charge is 0.356 e. The van der Waals surface area contributed by atoms with Gasteiger partial charge in [-0.2, -0.15) is 0 Å². The normalized spacial score (nSPS) is 10.5. The second-order valence-corrected chi connectivity index (χ2v) is 3.87. The van der Waals surface area contributed by atoms with Crippen molar-refractivity contribution in [1.82, 2.24) is 9.97 Å². The van der Waals surface area contributed by atoms with Crippen LogP contribution in [0, 0.1) is 0 Å². The van der Waals surface area contributed by atoms with Crippen molar-refractivity contribution in [3.05, 3.63) is 40.7 Å². The summed E-state index contributed by atoms with van der Waals surface area (Å²) in [5.41, 5.74) is 6.51. The summed E-state index contributed by atoms with van der Waals surface area (Å²) < 4.78 is 0. The van der Waals surface area contributed by atoms with Gasteiger partial charge in [-0.3, -0.25) is 0 Å². The molecule has 0 aliphatic heterocycles. The van der Waals surface area contributed by atoms with Gasteiger partial charge in [-0.1, -0.05) is 23.7 Å². The number of rotatable bonds is 3. The summed E-state index contributed by atoms with van der Waals surface area (Å²) in [5, 5.41) is 9.51. The molecule has 0 saturated heterocycles. The molecule has 0 radical (unpaired) electrons. The maximum Gasteiger partial charge on any atom is 0.356 e. The van der Waals surface area contributed by atoms with Crippen LogP contribution in [0.3, 0.4) is 0 Å². The second-order valence-electron chi connectivity index (χ2n) is 3.43. The standard InChI is InChI=1S/C11H10ClN3O2/c12-7-3-1-2-6(4-7)10-14-8(5-13)9(15-10)11(16)17/h1-4H,5,13H2,(H,14,15)(H,16,17). The van der Waals surface area contributed by atoms with Crippen LogP contribution in [0.4, 0.5) is 0 Å². The molecule has 1 aromatic carbocycles. The highest BCUT2D eigenvalue weighted by Crippen LogP contribution is 2.21. The maximum atomic E-state index is 10.9. The number of hydrogen-bond acceptors (Lipinski definition) is 3. The van der Waals surface area contributed by atoms with Crippen molar-refractivity contribution in [2.24, 2.45) is 5.73 Å². The summed E-state index contributed by atoms with van der Waals surface area (Å²) in [7, 11) is 0. The molecular weight excluding hydrogens is 242 g/mol. The van der Waals surface area contributed by atoms with Gasteiger partial charge < -0.3 is 15.8 Å². The van der Waals surface area contributed by atoms with E-state index in [1.807, 2.05) is 0 Å². The summed E-state index contributed by atoms with van der Waals surface area (Å²) in [6.07, 6.45) is 0. The van der Waals surface area contributed by atoms with Crippen molar-refractivity contribution < 1.29 is 9.90 Å². The number of hydrogen-bond donors (Lipinski definition) is 3. The van der Waals surface area contributed by atoms with Crippen LogP contribution >= 0.6 is 11.6 Å². The Hall–Kier alpha value is -1.85. The zero-order valence-corrected chi connectivity index (χ0v) is 9.53. The lowest BCUT2D eigenvalue weighted by Gasteiger charge is -1.96. The molecule has 0 fully saturated rings. The van der Waals surface area contributed by atoms with Crippen molar-refractivity contribution in [2.45, 2.75) is 6.54 Å². The molecule has 5 nitrogen and oxygen atoms in total. The van der Waals surface area contributed by atoms with E-state index in [0.29, 0.717) is 16.5 Å². The molecule has 4 N–H and O–H groups in total. The minimum absolute atomic E-state index is 0.0533. The van der Waals surface area contributed by atoms with Crippen molar-refractivity contribution in [1.29, 1.82) is 0 Å². The number of nitrogens with one attached hydrogen (secondary N) is 1. The highest BCUT2D eigenvalue weighted by molar-refractivity contribution is 6.30. The molecule has 2 rings (SSSR count). The lowest BCUT2D eigenvalue weighted by molar-refractivity contribution is 0.0690. The summed E-state index contributed by atoms with van der Waals surface area (Å²) in [4.78, 5) is 17.8. The van der Waals surface area contributed by atoms with Crippen LogP contribution in [-0.4, -0.2) is 21.0 Å². The van der Waals surface area contributed by atoms with Gasteiger partial charge in [0.1, 0.15) is 5.82 Å². The number of H-pyrrole nitrogens is 1. The Morgan fingerprint density at radius 3 is 2.82 bits per heavy atom. The number of aromatic amines is 1. The Morgan fingerprint density at radius 1 is 1.53 bits per heavy atom. The highest BCUT2D eigenvalue weighted by atomic mass is 35.5. The number of benzene rings is 1. The SMILES string of the molecule is NCc1[nH]c(-c2cccc(Cl)c2)nc1C(=O)O. The fourth-order valence-electron chi connectivity index (χ4n) is 1.51.